The fraction of sp³-hybridized carbons (Fsp3) is 0.625. The van der Waals surface area contributed by atoms with Gasteiger partial charge < -0.3 is 9.47 Å². The van der Waals surface area contributed by atoms with E-state index in [1.807, 2.05) is 0 Å². The highest BCUT2D eigenvalue weighted by Crippen LogP contribution is 2.23. The van der Waals surface area contributed by atoms with E-state index in [0.29, 0.717) is 11.5 Å². The van der Waals surface area contributed by atoms with Crippen LogP contribution in [0.4, 0.5) is 15.3 Å². The van der Waals surface area contributed by atoms with Crippen LogP contribution in [0.2, 0.25) is 0 Å². The number of carbonyl (C=O) groups excluding carboxylic acids is 2. The third-order valence-electron chi connectivity index (χ3n) is 2.47. The van der Waals surface area contributed by atoms with Crippen LogP contribution < -0.4 is 4.90 Å². The van der Waals surface area contributed by atoms with E-state index in [1.54, 1.807) is 55.4 Å². The molecule has 128 valence electrons. The minimum atomic E-state index is -0.831. The highest BCUT2D eigenvalue weighted by Gasteiger charge is 2.34. The zero-order chi connectivity index (χ0) is 18.0. The minimum absolute atomic E-state index is 0.235. The maximum atomic E-state index is 12.5. The molecule has 0 aromatic carbocycles. The van der Waals surface area contributed by atoms with Gasteiger partial charge in [-0.05, 0) is 55.4 Å². The molecular weight excluding hydrogens is 298 g/mol. The second-order valence-electron chi connectivity index (χ2n) is 7.18. The van der Waals surface area contributed by atoms with Crippen LogP contribution in [0.15, 0.2) is 6.20 Å². The summed E-state index contributed by atoms with van der Waals surface area (Å²) in [5, 5.41) is 0. The van der Waals surface area contributed by atoms with Gasteiger partial charge >= 0.3 is 12.2 Å². The fourth-order valence-corrected chi connectivity index (χ4v) is 1.68. The van der Waals surface area contributed by atoms with E-state index in [0.717, 1.165) is 4.90 Å². The molecule has 1 rings (SSSR count). The van der Waals surface area contributed by atoms with Gasteiger partial charge in [0.2, 0.25) is 0 Å². The number of imide groups is 1. The number of rotatable bonds is 1. The van der Waals surface area contributed by atoms with E-state index in [9.17, 15) is 9.59 Å². The maximum Gasteiger partial charge on any atom is 0.424 e. The van der Waals surface area contributed by atoms with E-state index in [-0.39, 0.29) is 5.69 Å². The zero-order valence-electron chi connectivity index (χ0n) is 15.1. The van der Waals surface area contributed by atoms with Gasteiger partial charge in [0.15, 0.2) is 0 Å². The monoisotopic (exact) mass is 323 g/mol. The molecule has 0 saturated carbocycles. The third kappa shape index (κ3) is 5.84. The average Bonchev–Trinajstić information content (AvgIpc) is 2.27. The van der Waals surface area contributed by atoms with Crippen molar-refractivity contribution in [3.63, 3.8) is 0 Å². The van der Waals surface area contributed by atoms with Crippen molar-refractivity contribution in [3.05, 3.63) is 17.7 Å². The Morgan fingerprint density at radius 2 is 1.39 bits per heavy atom. The number of hydrogen-bond donors (Lipinski definition) is 0. The van der Waals surface area contributed by atoms with Gasteiger partial charge in [-0.3, -0.25) is 0 Å². The van der Waals surface area contributed by atoms with Crippen LogP contribution >= 0.6 is 0 Å². The summed E-state index contributed by atoms with van der Waals surface area (Å²) < 4.78 is 10.6. The maximum absolute atomic E-state index is 12.5. The minimum Gasteiger partial charge on any atom is -0.443 e. The van der Waals surface area contributed by atoms with Crippen molar-refractivity contribution in [2.24, 2.45) is 0 Å². The number of anilines is 1. The Kier molecular flexibility index (Phi) is 5.35. The molecule has 0 fully saturated rings. The molecule has 23 heavy (non-hydrogen) atoms. The standard InChI is InChI=1S/C16H25N3O4/c1-10-12(9-17-11(2)18-10)19(13(20)22-15(3,4)5)14(21)23-16(6,7)8/h9H,1-8H3. The first-order valence-electron chi connectivity index (χ1n) is 7.36. The second-order valence-corrected chi connectivity index (χ2v) is 7.18. The van der Waals surface area contributed by atoms with Crippen molar-refractivity contribution >= 4 is 17.9 Å². The van der Waals surface area contributed by atoms with Gasteiger partial charge in [-0.25, -0.2) is 19.6 Å². The number of nitrogens with zero attached hydrogens (tertiary/aromatic N) is 3. The molecule has 1 aromatic heterocycles. The van der Waals surface area contributed by atoms with Crippen molar-refractivity contribution in [2.75, 3.05) is 4.90 Å². The zero-order valence-corrected chi connectivity index (χ0v) is 15.1. The number of aryl methyl sites for hydroxylation is 2. The molecular formula is C16H25N3O4. The lowest BCUT2D eigenvalue weighted by Crippen LogP contribution is -2.44. The van der Waals surface area contributed by atoms with Crippen molar-refractivity contribution in [2.45, 2.75) is 66.6 Å². The van der Waals surface area contributed by atoms with Crippen LogP contribution in [0.5, 0.6) is 0 Å². The van der Waals surface area contributed by atoms with Crippen LogP contribution in [-0.4, -0.2) is 33.4 Å². The number of carbonyl (C=O) groups is 2. The molecule has 0 radical (unpaired) electrons. The van der Waals surface area contributed by atoms with E-state index in [4.69, 9.17) is 9.47 Å². The van der Waals surface area contributed by atoms with Crippen LogP contribution in [-0.2, 0) is 9.47 Å². The van der Waals surface area contributed by atoms with Gasteiger partial charge in [0.25, 0.3) is 0 Å². The molecule has 0 aliphatic rings. The molecule has 1 heterocycles. The van der Waals surface area contributed by atoms with Crippen LogP contribution in [0, 0.1) is 13.8 Å². The number of amides is 2. The summed E-state index contributed by atoms with van der Waals surface area (Å²) in [6.45, 7) is 13.7. The molecule has 0 unspecified atom stereocenters. The molecule has 7 nitrogen and oxygen atoms in total. The van der Waals surface area contributed by atoms with Gasteiger partial charge in [-0.2, -0.15) is 4.90 Å². The molecule has 0 aliphatic heterocycles. The Morgan fingerprint density at radius 3 is 1.74 bits per heavy atom. The lowest BCUT2D eigenvalue weighted by molar-refractivity contribution is 0.0430. The smallest absolute Gasteiger partial charge is 0.424 e. The predicted molar refractivity (Wildman–Crippen MR) is 86.5 cm³/mol. The normalized spacial score (nSPS) is 11.8. The molecule has 0 spiro atoms. The molecule has 2 amide bonds. The molecule has 0 bridgehead atoms. The van der Waals surface area contributed by atoms with Crippen LogP contribution in [0.1, 0.15) is 53.1 Å². The first-order chi connectivity index (χ1) is 10.3. The summed E-state index contributed by atoms with van der Waals surface area (Å²) in [5.41, 5.74) is -0.790. The first kappa shape index (κ1) is 18.9. The van der Waals surface area contributed by atoms with Gasteiger partial charge in [0.05, 0.1) is 17.6 Å². The number of aromatic nitrogens is 2. The second kappa shape index (κ2) is 6.52. The third-order valence-corrected chi connectivity index (χ3v) is 2.47. The lowest BCUT2D eigenvalue weighted by Gasteiger charge is -2.28. The molecule has 0 atom stereocenters. The summed E-state index contributed by atoms with van der Waals surface area (Å²) in [6.07, 6.45) is -0.254. The molecule has 1 aromatic rings. The Balaban J connectivity index is 3.25. The quantitative estimate of drug-likeness (QED) is 0.782. The summed E-state index contributed by atoms with van der Waals surface area (Å²) in [7, 11) is 0. The summed E-state index contributed by atoms with van der Waals surface area (Å²) in [5.74, 6) is 0.541. The molecule has 0 N–H and O–H groups in total. The fourth-order valence-electron chi connectivity index (χ4n) is 1.68. The topological polar surface area (TPSA) is 81.6 Å². The van der Waals surface area contributed by atoms with Crippen LogP contribution in [0.3, 0.4) is 0 Å². The van der Waals surface area contributed by atoms with Crippen LogP contribution in [0.25, 0.3) is 0 Å². The SMILES string of the molecule is Cc1ncc(N(C(=O)OC(C)(C)C)C(=O)OC(C)(C)C)c(C)n1. The molecule has 0 aliphatic carbocycles. The van der Waals surface area contributed by atoms with Gasteiger partial charge in [-0.15, -0.1) is 0 Å². The van der Waals surface area contributed by atoms with Crippen molar-refractivity contribution in [1.29, 1.82) is 0 Å². The highest BCUT2D eigenvalue weighted by atomic mass is 16.6. The largest absolute Gasteiger partial charge is 0.443 e. The van der Waals surface area contributed by atoms with E-state index >= 15 is 0 Å². The Hall–Kier alpha value is -2.18. The van der Waals surface area contributed by atoms with E-state index < -0.39 is 23.4 Å². The Labute approximate surface area is 137 Å². The number of ether oxygens (including phenoxy) is 2. The Bertz CT molecular complexity index is 572. The van der Waals surface area contributed by atoms with Crippen molar-refractivity contribution in [1.82, 2.24) is 9.97 Å². The number of hydrogen-bond acceptors (Lipinski definition) is 6. The summed E-state index contributed by atoms with van der Waals surface area (Å²) >= 11 is 0. The summed E-state index contributed by atoms with van der Waals surface area (Å²) in [6, 6.07) is 0. The first-order valence-corrected chi connectivity index (χ1v) is 7.36. The van der Waals surface area contributed by atoms with Gasteiger partial charge in [0.1, 0.15) is 17.0 Å². The average molecular weight is 323 g/mol. The van der Waals surface area contributed by atoms with E-state index in [2.05, 4.69) is 9.97 Å². The highest BCUT2D eigenvalue weighted by molar-refractivity contribution is 6.09. The van der Waals surface area contributed by atoms with E-state index in [1.165, 1.54) is 6.20 Å². The summed E-state index contributed by atoms with van der Waals surface area (Å²) in [4.78, 5) is 34.0. The van der Waals surface area contributed by atoms with Crippen molar-refractivity contribution < 1.29 is 19.1 Å². The van der Waals surface area contributed by atoms with Gasteiger partial charge in [-0.1, -0.05) is 0 Å². The van der Waals surface area contributed by atoms with Gasteiger partial charge in [0, 0.05) is 0 Å². The predicted octanol–water partition coefficient (Wildman–Crippen LogP) is 3.77. The Morgan fingerprint density at radius 1 is 0.957 bits per heavy atom. The molecule has 0 saturated heterocycles. The molecule has 7 heteroatoms. The van der Waals surface area contributed by atoms with Crippen molar-refractivity contribution in [3.8, 4) is 0 Å². The lowest BCUT2D eigenvalue weighted by atomic mass is 10.2.